The molecule has 0 aliphatic carbocycles. The van der Waals surface area contributed by atoms with E-state index >= 15 is 0 Å². The van der Waals surface area contributed by atoms with Crippen LogP contribution in [0.3, 0.4) is 0 Å². The number of aromatic amines is 2. The SMILES string of the molecule is BrC1=Cc2cc3ccc(cc4nc(cc5[nH]c(c(Br)c1n2)c(Br)c5Br)C=C4)[nH]3. The van der Waals surface area contributed by atoms with E-state index in [-0.39, 0.29) is 0 Å². The standard InChI is InChI=1S/C20H10Br4N4/c21-14-7-13-6-11-2-1-9(25-11)5-10-3-4-12(26-10)8-15-16(22)17(23)20(28-15)18(24)19(14)27-13/h1-8,25,28H. The first-order chi connectivity index (χ1) is 13.5. The van der Waals surface area contributed by atoms with E-state index in [1.54, 1.807) is 0 Å². The van der Waals surface area contributed by atoms with E-state index in [0.717, 1.165) is 62.7 Å². The van der Waals surface area contributed by atoms with Crippen molar-refractivity contribution in [3.05, 3.63) is 66.5 Å². The number of nitrogens with zero attached hydrogens (tertiary/aromatic N) is 2. The highest BCUT2D eigenvalue weighted by molar-refractivity contribution is 9.15. The first kappa shape index (κ1) is 18.5. The Bertz CT molecular complexity index is 1360. The van der Waals surface area contributed by atoms with Crippen molar-refractivity contribution in [2.45, 2.75) is 0 Å². The minimum atomic E-state index is 0.825. The average molecular weight is 626 g/mol. The molecule has 0 saturated carbocycles. The third-order valence-electron chi connectivity index (χ3n) is 4.39. The number of hydrogen-bond acceptors (Lipinski definition) is 2. The van der Waals surface area contributed by atoms with Crippen molar-refractivity contribution in [2.75, 3.05) is 0 Å². The van der Waals surface area contributed by atoms with Crippen molar-refractivity contribution >= 4 is 108 Å². The van der Waals surface area contributed by atoms with Gasteiger partial charge in [-0.3, -0.25) is 0 Å². The van der Waals surface area contributed by atoms with E-state index in [1.807, 2.05) is 48.6 Å². The monoisotopic (exact) mass is 622 g/mol. The molecule has 28 heavy (non-hydrogen) atoms. The van der Waals surface area contributed by atoms with Gasteiger partial charge >= 0.3 is 0 Å². The zero-order valence-electron chi connectivity index (χ0n) is 14.0. The number of H-pyrrole nitrogens is 2. The van der Waals surface area contributed by atoms with Crippen LogP contribution in [0.4, 0.5) is 0 Å². The van der Waals surface area contributed by atoms with Gasteiger partial charge < -0.3 is 9.97 Å². The van der Waals surface area contributed by atoms with Crippen LogP contribution in [-0.2, 0) is 0 Å². The van der Waals surface area contributed by atoms with Gasteiger partial charge in [0.1, 0.15) is 0 Å². The summed E-state index contributed by atoms with van der Waals surface area (Å²) in [5, 5.41) is 0. The lowest BCUT2D eigenvalue weighted by Crippen LogP contribution is -1.80. The first-order valence-electron chi connectivity index (χ1n) is 8.28. The van der Waals surface area contributed by atoms with Crippen molar-refractivity contribution in [2.24, 2.45) is 0 Å². The lowest BCUT2D eigenvalue weighted by Gasteiger charge is -1.95. The van der Waals surface area contributed by atoms with Crippen LogP contribution in [0.2, 0.25) is 0 Å². The van der Waals surface area contributed by atoms with Gasteiger partial charge in [-0.15, -0.1) is 0 Å². The number of fused-ring (bicyclic) bond motifs is 8. The second-order valence-corrected chi connectivity index (χ2v) is 9.56. The van der Waals surface area contributed by atoms with E-state index in [1.165, 1.54) is 0 Å². The fraction of sp³-hybridized carbons (Fsp3) is 0. The van der Waals surface area contributed by atoms with Gasteiger partial charge in [0.2, 0.25) is 0 Å². The van der Waals surface area contributed by atoms with Crippen LogP contribution in [0.1, 0.15) is 22.8 Å². The maximum atomic E-state index is 4.77. The van der Waals surface area contributed by atoms with Gasteiger partial charge in [-0.2, -0.15) is 0 Å². The predicted molar refractivity (Wildman–Crippen MR) is 130 cm³/mol. The molecule has 0 amide bonds. The smallest absolute Gasteiger partial charge is 0.0943 e. The molecule has 3 aromatic heterocycles. The Morgan fingerprint density at radius 3 is 2.11 bits per heavy atom. The molecule has 0 aromatic carbocycles. The summed E-state index contributed by atoms with van der Waals surface area (Å²) in [5.41, 5.74) is 7.26. The van der Waals surface area contributed by atoms with Gasteiger partial charge in [0, 0.05) is 15.5 Å². The Morgan fingerprint density at radius 2 is 1.36 bits per heavy atom. The Balaban J connectivity index is 1.95. The summed E-state index contributed by atoms with van der Waals surface area (Å²) >= 11 is 14.7. The molecule has 0 saturated heterocycles. The molecule has 5 heterocycles. The molecule has 0 fully saturated rings. The van der Waals surface area contributed by atoms with Crippen LogP contribution in [-0.4, -0.2) is 19.9 Å². The zero-order valence-corrected chi connectivity index (χ0v) is 20.4. The van der Waals surface area contributed by atoms with Crippen LogP contribution in [0.15, 0.2) is 43.7 Å². The summed E-state index contributed by atoms with van der Waals surface area (Å²) < 4.78 is 3.62. The van der Waals surface area contributed by atoms with E-state index in [2.05, 4.69) is 78.7 Å². The third kappa shape index (κ3) is 3.26. The topological polar surface area (TPSA) is 57.4 Å². The van der Waals surface area contributed by atoms with Crippen LogP contribution in [0, 0.1) is 0 Å². The maximum absolute atomic E-state index is 4.77. The van der Waals surface area contributed by atoms with Gasteiger partial charge in [0.25, 0.3) is 0 Å². The van der Waals surface area contributed by atoms with E-state index in [0.29, 0.717) is 0 Å². The quantitative estimate of drug-likeness (QED) is 0.211. The fourth-order valence-corrected chi connectivity index (χ4v) is 5.68. The van der Waals surface area contributed by atoms with Crippen LogP contribution < -0.4 is 0 Å². The predicted octanol–water partition coefficient (Wildman–Crippen LogP) is 7.67. The Morgan fingerprint density at radius 1 is 0.679 bits per heavy atom. The Kier molecular flexibility index (Phi) is 4.70. The van der Waals surface area contributed by atoms with Crippen LogP contribution in [0.25, 0.3) is 44.8 Å². The lowest BCUT2D eigenvalue weighted by atomic mass is 10.3. The number of halogens is 4. The normalized spacial score (nSPS) is 13.1. The first-order valence-corrected chi connectivity index (χ1v) is 11.5. The molecule has 4 nitrogen and oxygen atoms in total. The summed E-state index contributed by atoms with van der Waals surface area (Å²) in [4.78, 5) is 16.3. The molecule has 0 unspecified atom stereocenters. The number of rotatable bonds is 0. The van der Waals surface area contributed by atoms with Crippen molar-refractivity contribution in [3.63, 3.8) is 0 Å². The van der Waals surface area contributed by atoms with Gasteiger partial charge in [0.15, 0.2) is 0 Å². The minimum Gasteiger partial charge on any atom is -0.355 e. The van der Waals surface area contributed by atoms with E-state index < -0.39 is 0 Å². The molecule has 2 aliphatic rings. The highest BCUT2D eigenvalue weighted by Gasteiger charge is 2.16. The maximum Gasteiger partial charge on any atom is 0.0943 e. The van der Waals surface area contributed by atoms with Crippen molar-refractivity contribution in [1.82, 2.24) is 19.9 Å². The summed E-state index contributed by atoms with van der Waals surface area (Å²) in [6.07, 6.45) is 6.01. The van der Waals surface area contributed by atoms with Crippen molar-refractivity contribution in [1.29, 1.82) is 0 Å². The largest absolute Gasteiger partial charge is 0.355 e. The summed E-state index contributed by atoms with van der Waals surface area (Å²) in [7, 11) is 0. The molecule has 0 radical (unpaired) electrons. The molecule has 8 bridgehead atoms. The summed E-state index contributed by atoms with van der Waals surface area (Å²) in [5.74, 6) is 0. The summed E-state index contributed by atoms with van der Waals surface area (Å²) in [6, 6.07) is 10.1. The molecular weight excluding hydrogens is 616 g/mol. The van der Waals surface area contributed by atoms with Crippen molar-refractivity contribution < 1.29 is 0 Å². The highest BCUT2D eigenvalue weighted by atomic mass is 79.9. The summed E-state index contributed by atoms with van der Waals surface area (Å²) in [6.45, 7) is 0. The number of nitrogens with one attached hydrogen (secondary N) is 2. The van der Waals surface area contributed by atoms with Gasteiger partial charge in [-0.05, 0) is 112 Å². The Labute approximate surface area is 193 Å². The van der Waals surface area contributed by atoms with Gasteiger partial charge in [-0.25, -0.2) is 9.97 Å². The highest BCUT2D eigenvalue weighted by Crippen LogP contribution is 2.39. The number of hydrogen-bond donors (Lipinski definition) is 2. The van der Waals surface area contributed by atoms with Gasteiger partial charge in [-0.1, -0.05) is 0 Å². The van der Waals surface area contributed by atoms with E-state index in [4.69, 9.17) is 4.98 Å². The third-order valence-corrected chi connectivity index (χ3v) is 7.92. The van der Waals surface area contributed by atoms with Crippen LogP contribution >= 0.6 is 63.7 Å². The van der Waals surface area contributed by atoms with Gasteiger partial charge in [0.05, 0.1) is 47.2 Å². The average Bonchev–Trinajstić information content (AvgIpc) is 3.42. The molecule has 3 aromatic rings. The zero-order chi connectivity index (χ0) is 19.4. The molecule has 0 spiro atoms. The molecular formula is C20H10Br4N4. The van der Waals surface area contributed by atoms with E-state index in [9.17, 15) is 0 Å². The second kappa shape index (κ2) is 7.09. The minimum absolute atomic E-state index is 0.825. The molecule has 5 rings (SSSR count). The Hall–Kier alpha value is -1.48. The fourth-order valence-electron chi connectivity index (χ4n) is 3.10. The van der Waals surface area contributed by atoms with Crippen LogP contribution in [0.5, 0.6) is 0 Å². The molecule has 0 atom stereocenters. The lowest BCUT2D eigenvalue weighted by molar-refractivity contribution is 1.30. The molecule has 8 heteroatoms. The molecule has 2 aliphatic heterocycles. The molecule has 2 N–H and O–H groups in total. The molecule has 138 valence electrons. The number of aromatic nitrogens is 4. The van der Waals surface area contributed by atoms with Crippen molar-refractivity contribution in [3.8, 4) is 0 Å². The second-order valence-electron chi connectivity index (χ2n) is 6.33.